The van der Waals surface area contributed by atoms with Crippen molar-refractivity contribution in [2.24, 2.45) is 0 Å². The standard InChI is InChI=1S/C48H31N3O2/c1-2-10-40(11-3-1)51(41-25-20-34(21-26-41)33-14-17-36(18-15-33)47-49-43-12-6-7-13-45(43)52-47)42-27-22-35(23-28-42)38-24-29-44-46(31-38)53-48(50-44)39-19-16-32-8-4-5-9-37(32)30-39/h1-31H. The fourth-order valence-electron chi connectivity index (χ4n) is 6.98. The van der Waals surface area contributed by atoms with Crippen LogP contribution in [0.25, 0.3) is 78.1 Å². The minimum absolute atomic E-state index is 0.625. The average Bonchev–Trinajstić information content (AvgIpc) is 3.87. The zero-order chi connectivity index (χ0) is 35.1. The molecular weight excluding hydrogens is 651 g/mol. The van der Waals surface area contributed by atoms with Crippen molar-refractivity contribution in [2.75, 3.05) is 4.90 Å². The summed E-state index contributed by atoms with van der Waals surface area (Å²) in [6, 6.07) is 64.9. The highest BCUT2D eigenvalue weighted by atomic mass is 16.4. The van der Waals surface area contributed by atoms with E-state index in [1.54, 1.807) is 0 Å². The molecule has 10 rings (SSSR count). The monoisotopic (exact) mass is 681 g/mol. The zero-order valence-corrected chi connectivity index (χ0v) is 28.6. The average molecular weight is 682 g/mol. The van der Waals surface area contributed by atoms with E-state index in [4.69, 9.17) is 13.8 Å². The first-order chi connectivity index (χ1) is 26.2. The molecule has 53 heavy (non-hydrogen) atoms. The first kappa shape index (κ1) is 30.6. The lowest BCUT2D eigenvalue weighted by Crippen LogP contribution is -2.09. The van der Waals surface area contributed by atoms with Crippen molar-refractivity contribution in [3.05, 3.63) is 188 Å². The summed E-state index contributed by atoms with van der Waals surface area (Å²) in [5.41, 5.74) is 12.8. The van der Waals surface area contributed by atoms with Crippen LogP contribution in [0.2, 0.25) is 0 Å². The SMILES string of the molecule is c1ccc(N(c2ccc(-c3ccc(-c4nc5ccccc5o4)cc3)cc2)c2ccc(-c3ccc4nc(-c5ccc6ccccc6c5)oc4c3)cc2)cc1. The van der Waals surface area contributed by atoms with E-state index in [9.17, 15) is 0 Å². The summed E-state index contributed by atoms with van der Waals surface area (Å²) in [7, 11) is 0. The molecule has 250 valence electrons. The van der Waals surface area contributed by atoms with E-state index >= 15 is 0 Å². The predicted molar refractivity (Wildman–Crippen MR) is 216 cm³/mol. The number of hydrogen-bond donors (Lipinski definition) is 0. The summed E-state index contributed by atoms with van der Waals surface area (Å²) in [5, 5.41) is 2.36. The number of benzene rings is 8. The van der Waals surface area contributed by atoms with Gasteiger partial charge in [0.05, 0.1) is 0 Å². The molecule has 5 heteroatoms. The third kappa shape index (κ3) is 5.80. The minimum atomic E-state index is 0.625. The van der Waals surface area contributed by atoms with Gasteiger partial charge in [-0.25, -0.2) is 9.97 Å². The molecule has 2 aromatic heterocycles. The van der Waals surface area contributed by atoms with E-state index in [-0.39, 0.29) is 0 Å². The van der Waals surface area contributed by atoms with E-state index in [0.717, 1.165) is 78.0 Å². The number of nitrogens with zero attached hydrogens (tertiary/aromatic N) is 3. The van der Waals surface area contributed by atoms with Gasteiger partial charge < -0.3 is 13.7 Å². The van der Waals surface area contributed by atoms with Crippen molar-refractivity contribution < 1.29 is 8.83 Å². The predicted octanol–water partition coefficient (Wildman–Crippen LogP) is 13.3. The number of oxazole rings is 2. The molecule has 5 nitrogen and oxygen atoms in total. The lowest BCUT2D eigenvalue weighted by Gasteiger charge is -2.26. The van der Waals surface area contributed by atoms with Crippen LogP contribution in [-0.4, -0.2) is 9.97 Å². The Labute approximate surface area is 306 Å². The Morgan fingerprint density at radius 1 is 0.321 bits per heavy atom. The van der Waals surface area contributed by atoms with Crippen molar-refractivity contribution >= 4 is 50.0 Å². The highest BCUT2D eigenvalue weighted by Gasteiger charge is 2.15. The molecule has 0 bridgehead atoms. The highest BCUT2D eigenvalue weighted by molar-refractivity contribution is 5.88. The molecule has 0 unspecified atom stereocenters. The maximum absolute atomic E-state index is 6.30. The van der Waals surface area contributed by atoms with Gasteiger partial charge in [0.25, 0.3) is 0 Å². The number of hydrogen-bond acceptors (Lipinski definition) is 5. The Kier molecular flexibility index (Phi) is 7.40. The Hall–Kier alpha value is -7.24. The van der Waals surface area contributed by atoms with Crippen LogP contribution in [0.5, 0.6) is 0 Å². The molecular formula is C48H31N3O2. The fraction of sp³-hybridized carbons (Fsp3) is 0. The molecule has 0 saturated carbocycles. The zero-order valence-electron chi connectivity index (χ0n) is 28.6. The van der Waals surface area contributed by atoms with E-state index in [1.807, 2.05) is 36.4 Å². The molecule has 10 aromatic rings. The van der Waals surface area contributed by atoms with Crippen LogP contribution in [0, 0.1) is 0 Å². The van der Waals surface area contributed by atoms with Gasteiger partial charge in [-0.2, -0.15) is 0 Å². The van der Waals surface area contributed by atoms with Crippen LogP contribution < -0.4 is 4.90 Å². The second kappa shape index (κ2) is 12.8. The summed E-state index contributed by atoms with van der Waals surface area (Å²) in [4.78, 5) is 11.7. The van der Waals surface area contributed by atoms with Crippen LogP contribution in [-0.2, 0) is 0 Å². The summed E-state index contributed by atoms with van der Waals surface area (Å²) in [5.74, 6) is 1.25. The van der Waals surface area contributed by atoms with E-state index in [0.29, 0.717) is 11.8 Å². The molecule has 0 aliphatic carbocycles. The lowest BCUT2D eigenvalue weighted by molar-refractivity contribution is 0.619. The van der Waals surface area contributed by atoms with Gasteiger partial charge in [-0.15, -0.1) is 0 Å². The van der Waals surface area contributed by atoms with Crippen molar-refractivity contribution in [3.8, 4) is 45.2 Å². The Morgan fingerprint density at radius 2 is 0.811 bits per heavy atom. The van der Waals surface area contributed by atoms with Gasteiger partial charge in [-0.1, -0.05) is 103 Å². The Bertz CT molecular complexity index is 2840. The minimum Gasteiger partial charge on any atom is -0.436 e. The number of anilines is 3. The molecule has 0 aliphatic heterocycles. The highest BCUT2D eigenvalue weighted by Crippen LogP contribution is 2.38. The largest absolute Gasteiger partial charge is 0.436 e. The quantitative estimate of drug-likeness (QED) is 0.168. The molecule has 0 amide bonds. The van der Waals surface area contributed by atoms with Crippen molar-refractivity contribution in [3.63, 3.8) is 0 Å². The van der Waals surface area contributed by atoms with Gasteiger partial charge in [0.15, 0.2) is 11.2 Å². The lowest BCUT2D eigenvalue weighted by atomic mass is 10.0. The van der Waals surface area contributed by atoms with Gasteiger partial charge in [0.2, 0.25) is 11.8 Å². The fourth-order valence-corrected chi connectivity index (χ4v) is 6.98. The maximum atomic E-state index is 6.30. The van der Waals surface area contributed by atoms with Gasteiger partial charge in [-0.05, 0) is 118 Å². The second-order valence-corrected chi connectivity index (χ2v) is 13.1. The summed E-state index contributed by atoms with van der Waals surface area (Å²) in [6.45, 7) is 0. The van der Waals surface area contributed by atoms with Crippen molar-refractivity contribution in [1.82, 2.24) is 9.97 Å². The smallest absolute Gasteiger partial charge is 0.227 e. The Morgan fingerprint density at radius 3 is 1.53 bits per heavy atom. The molecule has 0 atom stereocenters. The summed E-state index contributed by atoms with van der Waals surface area (Å²) in [6.07, 6.45) is 0. The van der Waals surface area contributed by atoms with Crippen LogP contribution in [0.15, 0.2) is 197 Å². The first-order valence-electron chi connectivity index (χ1n) is 17.6. The molecule has 8 aromatic carbocycles. The number of aromatic nitrogens is 2. The molecule has 0 radical (unpaired) electrons. The van der Waals surface area contributed by atoms with Gasteiger partial charge in [0.1, 0.15) is 11.0 Å². The van der Waals surface area contributed by atoms with Crippen LogP contribution in [0.1, 0.15) is 0 Å². The van der Waals surface area contributed by atoms with E-state index in [2.05, 4.69) is 162 Å². The van der Waals surface area contributed by atoms with Crippen molar-refractivity contribution in [1.29, 1.82) is 0 Å². The van der Waals surface area contributed by atoms with Crippen LogP contribution >= 0.6 is 0 Å². The summed E-state index contributed by atoms with van der Waals surface area (Å²) >= 11 is 0. The molecule has 0 spiro atoms. The molecule has 0 aliphatic rings. The molecule has 0 N–H and O–H groups in total. The van der Waals surface area contributed by atoms with Gasteiger partial charge in [-0.3, -0.25) is 0 Å². The summed E-state index contributed by atoms with van der Waals surface area (Å²) < 4.78 is 12.3. The van der Waals surface area contributed by atoms with Crippen LogP contribution in [0.3, 0.4) is 0 Å². The molecule has 0 saturated heterocycles. The first-order valence-corrected chi connectivity index (χ1v) is 17.6. The normalized spacial score (nSPS) is 11.4. The maximum Gasteiger partial charge on any atom is 0.227 e. The van der Waals surface area contributed by atoms with E-state index < -0.39 is 0 Å². The van der Waals surface area contributed by atoms with Gasteiger partial charge in [0, 0.05) is 28.2 Å². The van der Waals surface area contributed by atoms with Crippen LogP contribution in [0.4, 0.5) is 17.1 Å². The third-order valence-corrected chi connectivity index (χ3v) is 9.74. The Balaban J connectivity index is 0.919. The number of para-hydroxylation sites is 3. The van der Waals surface area contributed by atoms with Gasteiger partial charge >= 0.3 is 0 Å². The number of rotatable bonds is 7. The third-order valence-electron chi connectivity index (χ3n) is 9.74. The van der Waals surface area contributed by atoms with E-state index in [1.165, 1.54) is 5.39 Å². The topological polar surface area (TPSA) is 55.3 Å². The van der Waals surface area contributed by atoms with Crippen molar-refractivity contribution in [2.45, 2.75) is 0 Å². The molecule has 2 heterocycles. The second-order valence-electron chi connectivity index (χ2n) is 13.1. The number of fused-ring (bicyclic) bond motifs is 3. The molecule has 0 fully saturated rings.